The lowest BCUT2D eigenvalue weighted by atomic mass is 9.95. The van der Waals surface area contributed by atoms with E-state index in [9.17, 15) is 8.42 Å². The molecule has 0 N–H and O–H groups in total. The van der Waals surface area contributed by atoms with Crippen LogP contribution in [0.3, 0.4) is 0 Å². The molecule has 3 nitrogen and oxygen atoms in total. The predicted molar refractivity (Wildman–Crippen MR) is 110 cm³/mol. The fourth-order valence-electron chi connectivity index (χ4n) is 4.44. The Morgan fingerprint density at radius 3 is 2.37 bits per heavy atom. The summed E-state index contributed by atoms with van der Waals surface area (Å²) in [6, 6.07) is 23.7. The molecule has 1 aliphatic rings. The molecule has 0 unspecified atom stereocenters. The van der Waals surface area contributed by atoms with Crippen molar-refractivity contribution in [2.45, 2.75) is 11.8 Å². The van der Waals surface area contributed by atoms with Gasteiger partial charge in [0.05, 0.1) is 15.9 Å². The van der Waals surface area contributed by atoms with Gasteiger partial charge in [-0.1, -0.05) is 54.1 Å². The molecule has 5 aromatic rings. The van der Waals surface area contributed by atoms with Crippen molar-refractivity contribution >= 4 is 42.6 Å². The van der Waals surface area contributed by atoms with E-state index in [2.05, 4.69) is 18.2 Å². The lowest BCUT2D eigenvalue weighted by molar-refractivity contribution is 0.590. The van der Waals surface area contributed by atoms with Crippen molar-refractivity contribution < 1.29 is 8.42 Å². The maximum atomic E-state index is 13.6. The van der Waals surface area contributed by atoms with Gasteiger partial charge in [0.1, 0.15) is 0 Å². The average molecular weight is 369 g/mol. The van der Waals surface area contributed by atoms with Crippen LogP contribution < -0.4 is 0 Å². The largest absolute Gasteiger partial charge is 0.269 e. The monoisotopic (exact) mass is 369 g/mol. The molecule has 0 aliphatic carbocycles. The standard InChI is InChI=1S/C23H15NO2S/c1-14-10-11-21-18(12-14)19-13-15-6-2-3-7-16(15)22-17-8-4-5-9-20(17)24(23(19)22)27(21,25)26/h2-13H,1H3. The Morgan fingerprint density at radius 1 is 0.778 bits per heavy atom. The van der Waals surface area contributed by atoms with Crippen molar-refractivity contribution in [2.75, 3.05) is 0 Å². The Labute approximate surface area is 156 Å². The summed E-state index contributed by atoms with van der Waals surface area (Å²) in [6.07, 6.45) is 0. The first-order valence-corrected chi connectivity index (χ1v) is 10.3. The van der Waals surface area contributed by atoms with Gasteiger partial charge < -0.3 is 0 Å². The predicted octanol–water partition coefficient (Wildman–Crippen LogP) is 5.47. The molecule has 6 rings (SSSR count). The Morgan fingerprint density at radius 2 is 1.52 bits per heavy atom. The molecule has 27 heavy (non-hydrogen) atoms. The van der Waals surface area contributed by atoms with Crippen molar-refractivity contribution in [1.29, 1.82) is 0 Å². The Kier molecular flexibility index (Phi) is 2.66. The minimum atomic E-state index is -3.66. The minimum absolute atomic E-state index is 0.374. The smallest absolute Gasteiger partial charge is 0.233 e. The summed E-state index contributed by atoms with van der Waals surface area (Å²) in [5, 5.41) is 4.18. The minimum Gasteiger partial charge on any atom is -0.233 e. The number of para-hydroxylation sites is 1. The van der Waals surface area contributed by atoms with Crippen molar-refractivity contribution in [3.8, 4) is 11.1 Å². The SMILES string of the molecule is Cc1ccc2c(c1)-c1cc3ccccc3c3c4ccccc4n(c13)S2(=O)=O. The second-order valence-corrected chi connectivity index (χ2v) is 8.91. The maximum Gasteiger partial charge on any atom is 0.269 e. The number of nitrogens with zero attached hydrogens (tertiary/aromatic N) is 1. The van der Waals surface area contributed by atoms with Crippen LogP contribution in [0.4, 0.5) is 0 Å². The zero-order chi connectivity index (χ0) is 18.3. The zero-order valence-corrected chi connectivity index (χ0v) is 15.4. The lowest BCUT2D eigenvalue weighted by Gasteiger charge is -2.21. The van der Waals surface area contributed by atoms with E-state index in [0.29, 0.717) is 4.90 Å². The van der Waals surface area contributed by atoms with Crippen molar-refractivity contribution in [3.05, 3.63) is 78.4 Å². The van der Waals surface area contributed by atoms with Gasteiger partial charge in [-0.15, -0.1) is 0 Å². The molecule has 0 saturated heterocycles. The third kappa shape index (κ3) is 1.73. The van der Waals surface area contributed by atoms with Gasteiger partial charge in [0, 0.05) is 21.9 Å². The number of benzene rings is 4. The number of aromatic nitrogens is 1. The van der Waals surface area contributed by atoms with Gasteiger partial charge in [-0.25, -0.2) is 12.4 Å². The molecule has 2 heterocycles. The van der Waals surface area contributed by atoms with E-state index in [1.54, 1.807) is 6.07 Å². The summed E-state index contributed by atoms with van der Waals surface area (Å²) in [5.41, 5.74) is 4.34. The first kappa shape index (κ1) is 15.0. The highest BCUT2D eigenvalue weighted by molar-refractivity contribution is 7.90. The average Bonchev–Trinajstić information content (AvgIpc) is 3.03. The molecule has 0 saturated carbocycles. The highest BCUT2D eigenvalue weighted by Gasteiger charge is 2.33. The third-order valence-electron chi connectivity index (χ3n) is 5.56. The van der Waals surface area contributed by atoms with Crippen LogP contribution in [0.2, 0.25) is 0 Å². The van der Waals surface area contributed by atoms with Crippen molar-refractivity contribution in [3.63, 3.8) is 0 Å². The van der Waals surface area contributed by atoms with Crippen LogP contribution >= 0.6 is 0 Å². The summed E-state index contributed by atoms with van der Waals surface area (Å²) in [4.78, 5) is 0.374. The molecular formula is C23H15NO2S. The lowest BCUT2D eigenvalue weighted by Crippen LogP contribution is -2.17. The first-order valence-electron chi connectivity index (χ1n) is 8.89. The number of hydrogen-bond acceptors (Lipinski definition) is 2. The molecule has 0 bridgehead atoms. The molecule has 0 fully saturated rings. The number of aryl methyl sites for hydroxylation is 1. The number of hydrogen-bond donors (Lipinski definition) is 0. The summed E-state index contributed by atoms with van der Waals surface area (Å²) in [6.45, 7) is 2.00. The van der Waals surface area contributed by atoms with Gasteiger partial charge in [-0.05, 0) is 42.0 Å². The van der Waals surface area contributed by atoms with E-state index in [1.165, 1.54) is 3.97 Å². The molecule has 0 spiro atoms. The fraction of sp³-hybridized carbons (Fsp3) is 0.0435. The number of fused-ring (bicyclic) bond motifs is 7. The zero-order valence-electron chi connectivity index (χ0n) is 14.6. The molecule has 1 aromatic heterocycles. The summed E-state index contributed by atoms with van der Waals surface area (Å²) < 4.78 is 28.7. The molecule has 4 aromatic carbocycles. The summed E-state index contributed by atoms with van der Waals surface area (Å²) in [5.74, 6) is 0. The molecular weight excluding hydrogens is 354 g/mol. The second-order valence-electron chi connectivity index (χ2n) is 7.16. The van der Waals surface area contributed by atoms with Crippen LogP contribution in [-0.2, 0) is 10.0 Å². The van der Waals surface area contributed by atoms with Crippen LogP contribution in [0.15, 0.2) is 77.7 Å². The maximum absolute atomic E-state index is 13.6. The number of rotatable bonds is 0. The van der Waals surface area contributed by atoms with E-state index < -0.39 is 10.0 Å². The van der Waals surface area contributed by atoms with Crippen LogP contribution in [0.25, 0.3) is 43.7 Å². The van der Waals surface area contributed by atoms with Crippen molar-refractivity contribution in [2.24, 2.45) is 0 Å². The first-order chi connectivity index (χ1) is 13.1. The summed E-state index contributed by atoms with van der Waals surface area (Å²) in [7, 11) is -3.66. The van der Waals surface area contributed by atoms with E-state index in [4.69, 9.17) is 0 Å². The second kappa shape index (κ2) is 4.78. The molecule has 1 aliphatic heterocycles. The fourth-order valence-corrected chi connectivity index (χ4v) is 6.17. The highest BCUT2D eigenvalue weighted by Crippen LogP contribution is 2.47. The van der Waals surface area contributed by atoms with E-state index >= 15 is 0 Å². The van der Waals surface area contributed by atoms with Gasteiger partial charge in [0.25, 0.3) is 10.0 Å². The third-order valence-corrected chi connectivity index (χ3v) is 7.33. The molecule has 0 atom stereocenters. The van der Waals surface area contributed by atoms with E-state index in [0.717, 1.165) is 49.3 Å². The summed E-state index contributed by atoms with van der Waals surface area (Å²) >= 11 is 0. The quantitative estimate of drug-likeness (QED) is 0.356. The van der Waals surface area contributed by atoms with Gasteiger partial charge in [0.15, 0.2) is 0 Å². The van der Waals surface area contributed by atoms with Crippen LogP contribution in [0.5, 0.6) is 0 Å². The van der Waals surface area contributed by atoms with Gasteiger partial charge in [-0.2, -0.15) is 0 Å². The van der Waals surface area contributed by atoms with E-state index in [-0.39, 0.29) is 0 Å². The molecule has 0 radical (unpaired) electrons. The topological polar surface area (TPSA) is 39.1 Å². The van der Waals surface area contributed by atoms with E-state index in [1.807, 2.05) is 55.5 Å². The van der Waals surface area contributed by atoms with Gasteiger partial charge in [-0.3, -0.25) is 0 Å². The molecule has 0 amide bonds. The Balaban J connectivity index is 2.03. The Hall–Kier alpha value is -3.11. The van der Waals surface area contributed by atoms with Crippen LogP contribution in [-0.4, -0.2) is 12.4 Å². The van der Waals surface area contributed by atoms with Crippen molar-refractivity contribution in [1.82, 2.24) is 3.97 Å². The Bertz CT molecular complexity index is 1540. The van der Waals surface area contributed by atoms with Gasteiger partial charge in [0.2, 0.25) is 0 Å². The normalized spacial score (nSPS) is 14.7. The van der Waals surface area contributed by atoms with Crippen LogP contribution in [0, 0.1) is 6.92 Å². The molecule has 4 heteroatoms. The molecule has 130 valence electrons. The van der Waals surface area contributed by atoms with Gasteiger partial charge >= 0.3 is 0 Å². The van der Waals surface area contributed by atoms with Crippen LogP contribution in [0.1, 0.15) is 5.56 Å². The highest BCUT2D eigenvalue weighted by atomic mass is 32.2.